The molecule has 0 bridgehead atoms. The maximum absolute atomic E-state index is 5.84. The predicted octanol–water partition coefficient (Wildman–Crippen LogP) is 2.08. The molecule has 0 amide bonds. The Bertz CT molecular complexity index is 124. The zero-order valence-electron chi connectivity index (χ0n) is 8.54. The smallest absolute Gasteiger partial charge is 0.0673 e. The third-order valence-corrected chi connectivity index (χ3v) is 2.31. The lowest BCUT2D eigenvalue weighted by Crippen LogP contribution is -2.40. The van der Waals surface area contributed by atoms with Crippen molar-refractivity contribution in [1.29, 1.82) is 0 Å². The first-order valence-corrected chi connectivity index (χ1v) is 4.84. The molecule has 72 valence electrons. The second kappa shape index (κ2) is 4.24. The molecule has 1 saturated heterocycles. The second-order valence-electron chi connectivity index (χ2n) is 4.14. The van der Waals surface area contributed by atoms with Gasteiger partial charge < -0.3 is 9.47 Å². The highest BCUT2D eigenvalue weighted by Gasteiger charge is 2.29. The van der Waals surface area contributed by atoms with E-state index >= 15 is 0 Å². The van der Waals surface area contributed by atoms with Crippen molar-refractivity contribution in [3.63, 3.8) is 0 Å². The van der Waals surface area contributed by atoms with Crippen LogP contribution in [-0.2, 0) is 9.47 Å². The van der Waals surface area contributed by atoms with Crippen LogP contribution in [0.25, 0.3) is 0 Å². The van der Waals surface area contributed by atoms with E-state index in [2.05, 4.69) is 27.7 Å². The lowest BCUT2D eigenvalue weighted by Gasteiger charge is -2.35. The number of hydrogen-bond donors (Lipinski definition) is 0. The minimum absolute atomic E-state index is 0.331. The van der Waals surface area contributed by atoms with Crippen LogP contribution in [0.2, 0.25) is 0 Å². The standard InChI is InChI=1S/C10H20O2/c1-7(2)12-10-8(3)5-11-6-9(10)4/h7-10H,5-6H2,1-4H3/t8-,9+,10?. The number of hydrogen-bond acceptors (Lipinski definition) is 2. The van der Waals surface area contributed by atoms with Gasteiger partial charge in [-0.1, -0.05) is 13.8 Å². The molecule has 0 saturated carbocycles. The predicted molar refractivity (Wildman–Crippen MR) is 49.2 cm³/mol. The van der Waals surface area contributed by atoms with Gasteiger partial charge in [0.05, 0.1) is 25.4 Å². The van der Waals surface area contributed by atoms with Gasteiger partial charge in [0, 0.05) is 11.8 Å². The Kier molecular flexibility index (Phi) is 3.53. The largest absolute Gasteiger partial charge is 0.381 e. The molecular formula is C10H20O2. The van der Waals surface area contributed by atoms with Gasteiger partial charge >= 0.3 is 0 Å². The Hall–Kier alpha value is -0.0800. The molecule has 1 aliphatic heterocycles. The third kappa shape index (κ3) is 2.46. The van der Waals surface area contributed by atoms with Crippen molar-refractivity contribution in [2.75, 3.05) is 13.2 Å². The van der Waals surface area contributed by atoms with Crippen LogP contribution in [0, 0.1) is 11.8 Å². The Morgan fingerprint density at radius 1 is 1.17 bits per heavy atom. The SMILES string of the molecule is CC(C)OC1[C@H](C)COC[C@@H]1C. The first-order valence-electron chi connectivity index (χ1n) is 4.84. The molecule has 0 aromatic heterocycles. The van der Waals surface area contributed by atoms with Crippen molar-refractivity contribution in [2.45, 2.75) is 39.9 Å². The van der Waals surface area contributed by atoms with Crippen molar-refractivity contribution in [3.05, 3.63) is 0 Å². The summed E-state index contributed by atoms with van der Waals surface area (Å²) in [5, 5.41) is 0. The summed E-state index contributed by atoms with van der Waals surface area (Å²) in [4.78, 5) is 0. The molecule has 0 aliphatic carbocycles. The maximum atomic E-state index is 5.84. The van der Waals surface area contributed by atoms with Crippen molar-refractivity contribution in [3.8, 4) is 0 Å². The highest BCUT2D eigenvalue weighted by molar-refractivity contribution is 4.76. The molecule has 0 aromatic carbocycles. The maximum Gasteiger partial charge on any atom is 0.0673 e. The Labute approximate surface area is 75.2 Å². The molecule has 1 fully saturated rings. The van der Waals surface area contributed by atoms with Gasteiger partial charge in [0.2, 0.25) is 0 Å². The molecule has 0 radical (unpaired) electrons. The van der Waals surface area contributed by atoms with E-state index in [-0.39, 0.29) is 0 Å². The molecule has 1 heterocycles. The molecule has 0 spiro atoms. The summed E-state index contributed by atoms with van der Waals surface area (Å²) < 4.78 is 11.3. The van der Waals surface area contributed by atoms with E-state index in [1.165, 1.54) is 0 Å². The minimum Gasteiger partial charge on any atom is -0.381 e. The molecule has 0 aromatic rings. The molecule has 2 heteroatoms. The number of ether oxygens (including phenoxy) is 2. The summed E-state index contributed by atoms with van der Waals surface area (Å²) in [6.45, 7) is 10.3. The molecular weight excluding hydrogens is 152 g/mol. The Morgan fingerprint density at radius 2 is 1.67 bits per heavy atom. The normalized spacial score (nSPS) is 37.2. The average molecular weight is 172 g/mol. The lowest BCUT2D eigenvalue weighted by atomic mass is 9.92. The van der Waals surface area contributed by atoms with Crippen molar-refractivity contribution in [2.24, 2.45) is 11.8 Å². The van der Waals surface area contributed by atoms with E-state index < -0.39 is 0 Å². The highest BCUT2D eigenvalue weighted by atomic mass is 16.5. The Balaban J connectivity index is 2.45. The summed E-state index contributed by atoms with van der Waals surface area (Å²) in [6, 6.07) is 0. The molecule has 1 aliphatic rings. The van der Waals surface area contributed by atoms with Crippen LogP contribution in [0.4, 0.5) is 0 Å². The molecule has 3 atom stereocenters. The zero-order valence-corrected chi connectivity index (χ0v) is 8.54. The van der Waals surface area contributed by atoms with E-state index in [1.54, 1.807) is 0 Å². The molecule has 1 unspecified atom stereocenters. The van der Waals surface area contributed by atoms with Crippen LogP contribution in [-0.4, -0.2) is 25.4 Å². The number of rotatable bonds is 2. The fraction of sp³-hybridized carbons (Fsp3) is 1.00. The fourth-order valence-electron chi connectivity index (χ4n) is 1.77. The van der Waals surface area contributed by atoms with Gasteiger partial charge in [-0.2, -0.15) is 0 Å². The summed E-state index contributed by atoms with van der Waals surface area (Å²) in [6.07, 6.45) is 0.719. The van der Waals surface area contributed by atoms with Gasteiger partial charge in [-0.05, 0) is 13.8 Å². The quantitative estimate of drug-likeness (QED) is 0.635. The van der Waals surface area contributed by atoms with Crippen LogP contribution < -0.4 is 0 Å². The van der Waals surface area contributed by atoms with Gasteiger partial charge in [0.15, 0.2) is 0 Å². The van der Waals surface area contributed by atoms with Gasteiger partial charge in [-0.3, -0.25) is 0 Å². The van der Waals surface area contributed by atoms with Gasteiger partial charge in [0.25, 0.3) is 0 Å². The monoisotopic (exact) mass is 172 g/mol. The first-order chi connectivity index (χ1) is 5.61. The van der Waals surface area contributed by atoms with Crippen LogP contribution in [0.3, 0.4) is 0 Å². The minimum atomic E-state index is 0.331. The van der Waals surface area contributed by atoms with Crippen molar-refractivity contribution < 1.29 is 9.47 Å². The summed E-state index contributed by atoms with van der Waals surface area (Å²) in [7, 11) is 0. The van der Waals surface area contributed by atoms with E-state index in [9.17, 15) is 0 Å². The van der Waals surface area contributed by atoms with E-state index in [0.717, 1.165) is 13.2 Å². The summed E-state index contributed by atoms with van der Waals surface area (Å²) in [5.74, 6) is 1.08. The van der Waals surface area contributed by atoms with Gasteiger partial charge in [-0.25, -0.2) is 0 Å². The van der Waals surface area contributed by atoms with Crippen LogP contribution in [0.1, 0.15) is 27.7 Å². The lowest BCUT2D eigenvalue weighted by molar-refractivity contribution is -0.120. The first kappa shape index (κ1) is 10.0. The molecule has 2 nitrogen and oxygen atoms in total. The van der Waals surface area contributed by atoms with Gasteiger partial charge in [0.1, 0.15) is 0 Å². The second-order valence-corrected chi connectivity index (χ2v) is 4.14. The molecule has 12 heavy (non-hydrogen) atoms. The van der Waals surface area contributed by atoms with Crippen molar-refractivity contribution in [1.82, 2.24) is 0 Å². The highest BCUT2D eigenvalue weighted by Crippen LogP contribution is 2.23. The topological polar surface area (TPSA) is 18.5 Å². The summed E-state index contributed by atoms with van der Waals surface area (Å²) >= 11 is 0. The van der Waals surface area contributed by atoms with E-state index in [1.807, 2.05) is 0 Å². The van der Waals surface area contributed by atoms with E-state index in [4.69, 9.17) is 9.47 Å². The summed E-state index contributed by atoms with van der Waals surface area (Å²) in [5.41, 5.74) is 0. The van der Waals surface area contributed by atoms with Crippen LogP contribution in [0.5, 0.6) is 0 Å². The molecule has 1 rings (SSSR count). The van der Waals surface area contributed by atoms with E-state index in [0.29, 0.717) is 24.0 Å². The van der Waals surface area contributed by atoms with Crippen LogP contribution >= 0.6 is 0 Å². The zero-order chi connectivity index (χ0) is 9.14. The van der Waals surface area contributed by atoms with Gasteiger partial charge in [-0.15, -0.1) is 0 Å². The Morgan fingerprint density at radius 3 is 2.08 bits per heavy atom. The third-order valence-electron chi connectivity index (χ3n) is 2.31. The fourth-order valence-corrected chi connectivity index (χ4v) is 1.77. The average Bonchev–Trinajstić information content (AvgIpc) is 1.97. The van der Waals surface area contributed by atoms with Crippen LogP contribution in [0.15, 0.2) is 0 Å². The van der Waals surface area contributed by atoms with Crippen molar-refractivity contribution >= 4 is 0 Å². The molecule has 0 N–H and O–H groups in total.